The molecule has 1 amide bonds. The second-order valence-corrected chi connectivity index (χ2v) is 5.16. The Labute approximate surface area is 131 Å². The number of hydrogen-bond acceptors (Lipinski definition) is 5. The van der Waals surface area contributed by atoms with Crippen LogP contribution in [0.2, 0.25) is 0 Å². The van der Waals surface area contributed by atoms with E-state index in [1.54, 1.807) is 19.9 Å². The highest BCUT2D eigenvalue weighted by Gasteiger charge is 2.38. The van der Waals surface area contributed by atoms with Gasteiger partial charge < -0.3 is 10.4 Å². The Morgan fingerprint density at radius 1 is 1.43 bits per heavy atom. The smallest absolute Gasteiger partial charge is 0.313 e. The van der Waals surface area contributed by atoms with Gasteiger partial charge in [0.15, 0.2) is 0 Å². The fourth-order valence-corrected chi connectivity index (χ4v) is 2.80. The largest absolute Gasteiger partial charge is 0.481 e. The maximum absolute atomic E-state index is 11.7. The zero-order chi connectivity index (χ0) is 17.1. The molecule has 0 aromatic heterocycles. The first-order chi connectivity index (χ1) is 10.9. The highest BCUT2D eigenvalue weighted by molar-refractivity contribution is 6.03. The summed E-state index contributed by atoms with van der Waals surface area (Å²) >= 11 is 0. The van der Waals surface area contributed by atoms with E-state index < -0.39 is 22.7 Å². The van der Waals surface area contributed by atoms with Crippen molar-refractivity contribution in [3.8, 4) is 0 Å². The molecule has 2 atom stereocenters. The summed E-state index contributed by atoms with van der Waals surface area (Å²) in [5.41, 5.74) is 1.48. The summed E-state index contributed by atoms with van der Waals surface area (Å²) in [5.74, 6) is -2.88. The first kappa shape index (κ1) is 16.3. The highest BCUT2D eigenvalue weighted by atomic mass is 16.6. The van der Waals surface area contributed by atoms with Crippen molar-refractivity contribution in [3.63, 3.8) is 0 Å². The number of carboxylic acid groups (broad SMARTS) is 1. The van der Waals surface area contributed by atoms with Crippen LogP contribution in [-0.2, 0) is 9.59 Å². The monoisotopic (exact) mass is 317 g/mol. The number of benzene rings is 1. The van der Waals surface area contributed by atoms with Crippen LogP contribution < -0.4 is 5.32 Å². The lowest BCUT2D eigenvalue weighted by molar-refractivity contribution is -0.384. The number of non-ortho nitro benzene ring substituents is 1. The molecule has 2 rings (SSSR count). The van der Waals surface area contributed by atoms with Crippen molar-refractivity contribution in [2.75, 3.05) is 0 Å². The lowest BCUT2D eigenvalue weighted by Crippen LogP contribution is -2.36. The molecule has 0 fully saturated rings. The summed E-state index contributed by atoms with van der Waals surface area (Å²) in [5, 5.41) is 23.0. The highest BCUT2D eigenvalue weighted by Crippen LogP contribution is 2.38. The number of carbonyl (C=O) groups excluding carboxylic acids is 1. The Kier molecular flexibility index (Phi) is 4.54. The average Bonchev–Trinajstić information content (AvgIpc) is 2.49. The minimum absolute atomic E-state index is 0.144. The topological polar surface area (TPSA) is 122 Å². The Bertz CT molecular complexity index is 738. The predicted molar refractivity (Wildman–Crippen MR) is 82.0 cm³/mol. The number of nitro groups is 1. The van der Waals surface area contributed by atoms with E-state index in [1.165, 1.54) is 18.2 Å². The summed E-state index contributed by atoms with van der Waals surface area (Å²) in [6.07, 6.45) is 0.443. The van der Waals surface area contributed by atoms with E-state index in [1.807, 2.05) is 0 Å². The molecule has 1 aliphatic heterocycles. The van der Waals surface area contributed by atoms with Gasteiger partial charge in [0.25, 0.3) is 5.69 Å². The van der Waals surface area contributed by atoms with E-state index in [0.29, 0.717) is 29.1 Å². The zero-order valence-corrected chi connectivity index (χ0v) is 12.5. The van der Waals surface area contributed by atoms with Crippen molar-refractivity contribution in [1.29, 1.82) is 0 Å². The van der Waals surface area contributed by atoms with Crippen molar-refractivity contribution < 1.29 is 19.6 Å². The molecule has 0 saturated carbocycles. The number of aliphatic imine (C=N–C) groups is 1. The van der Waals surface area contributed by atoms with Crippen LogP contribution in [-0.4, -0.2) is 28.1 Å². The molecular weight excluding hydrogens is 302 g/mol. The third-order valence-electron chi connectivity index (χ3n) is 3.75. The Morgan fingerprint density at radius 2 is 2.13 bits per heavy atom. The van der Waals surface area contributed by atoms with Gasteiger partial charge in [-0.25, -0.2) is 0 Å². The van der Waals surface area contributed by atoms with Gasteiger partial charge in [0, 0.05) is 29.5 Å². The first-order valence-corrected chi connectivity index (χ1v) is 6.80. The van der Waals surface area contributed by atoms with Gasteiger partial charge in [0.2, 0.25) is 6.41 Å². The zero-order valence-electron chi connectivity index (χ0n) is 12.5. The van der Waals surface area contributed by atoms with E-state index in [0.717, 1.165) is 0 Å². The molecule has 1 aliphatic rings. The van der Waals surface area contributed by atoms with Gasteiger partial charge in [0.1, 0.15) is 5.92 Å². The van der Waals surface area contributed by atoms with Gasteiger partial charge in [-0.05, 0) is 19.4 Å². The number of allylic oxidation sites excluding steroid dienone is 2. The third kappa shape index (κ3) is 3.10. The van der Waals surface area contributed by atoms with Crippen LogP contribution in [0.5, 0.6) is 0 Å². The van der Waals surface area contributed by atoms with Gasteiger partial charge in [-0.1, -0.05) is 12.1 Å². The number of rotatable bonds is 5. The average molecular weight is 317 g/mol. The number of hydrogen-bond donors (Lipinski definition) is 2. The molecule has 0 aliphatic carbocycles. The van der Waals surface area contributed by atoms with Gasteiger partial charge in [0.05, 0.1) is 10.6 Å². The maximum Gasteiger partial charge on any atom is 0.313 e. The summed E-state index contributed by atoms with van der Waals surface area (Å²) in [6, 6.07) is 5.73. The number of nitro benzene ring substituents is 1. The van der Waals surface area contributed by atoms with E-state index in [2.05, 4.69) is 10.3 Å². The van der Waals surface area contributed by atoms with Gasteiger partial charge in [-0.15, -0.1) is 0 Å². The van der Waals surface area contributed by atoms with E-state index >= 15 is 0 Å². The number of carboxylic acids is 1. The van der Waals surface area contributed by atoms with Crippen LogP contribution in [0.15, 0.2) is 40.7 Å². The predicted octanol–water partition coefficient (Wildman–Crippen LogP) is 1.83. The van der Waals surface area contributed by atoms with Crippen molar-refractivity contribution in [3.05, 3.63) is 51.3 Å². The second-order valence-electron chi connectivity index (χ2n) is 5.16. The molecule has 0 saturated heterocycles. The molecule has 2 unspecified atom stereocenters. The SMILES string of the molecule is CC1=NC(C)=C(NC=O)C(c2cccc([N+](=O)[O-])c2)C1C(=O)O. The van der Waals surface area contributed by atoms with Crippen molar-refractivity contribution in [2.24, 2.45) is 10.9 Å². The maximum atomic E-state index is 11.7. The summed E-state index contributed by atoms with van der Waals surface area (Å²) in [4.78, 5) is 37.1. The number of nitrogens with zero attached hydrogens (tertiary/aromatic N) is 2. The number of nitrogens with one attached hydrogen (secondary N) is 1. The standard InChI is InChI=1S/C15H15N3O5/c1-8-12(15(20)21)13(14(16-7-19)9(2)17-8)10-4-3-5-11(6-10)18(22)23/h3-7,12-13H,1-2H3,(H,16,19)(H,20,21). The van der Waals surface area contributed by atoms with E-state index in [4.69, 9.17) is 0 Å². The van der Waals surface area contributed by atoms with Gasteiger partial charge in [-0.3, -0.25) is 24.7 Å². The van der Waals surface area contributed by atoms with Crippen molar-refractivity contribution >= 4 is 23.8 Å². The summed E-state index contributed by atoms with van der Waals surface area (Å²) in [7, 11) is 0. The number of amides is 1. The normalized spacial score (nSPS) is 20.7. The van der Waals surface area contributed by atoms with Crippen LogP contribution in [0.3, 0.4) is 0 Å². The summed E-state index contributed by atoms with van der Waals surface area (Å²) < 4.78 is 0. The molecule has 8 heteroatoms. The van der Waals surface area contributed by atoms with E-state index in [-0.39, 0.29) is 5.69 Å². The van der Waals surface area contributed by atoms with Crippen LogP contribution >= 0.6 is 0 Å². The Hall–Kier alpha value is -3.03. The second kappa shape index (κ2) is 6.39. The third-order valence-corrected chi connectivity index (χ3v) is 3.75. The first-order valence-electron chi connectivity index (χ1n) is 6.80. The van der Waals surface area contributed by atoms with Crippen LogP contribution in [0, 0.1) is 16.0 Å². The molecule has 1 heterocycles. The Morgan fingerprint density at radius 3 is 2.70 bits per heavy atom. The van der Waals surface area contributed by atoms with Crippen LogP contribution in [0.1, 0.15) is 25.3 Å². The fourth-order valence-electron chi connectivity index (χ4n) is 2.80. The molecule has 1 aromatic rings. The van der Waals surface area contributed by atoms with Crippen molar-refractivity contribution in [2.45, 2.75) is 19.8 Å². The number of carbonyl (C=O) groups is 2. The summed E-state index contributed by atoms with van der Waals surface area (Å²) in [6.45, 7) is 3.24. The fraction of sp³-hybridized carbons (Fsp3) is 0.267. The molecule has 2 N–H and O–H groups in total. The minimum atomic E-state index is -1.11. The number of aliphatic carboxylic acids is 1. The van der Waals surface area contributed by atoms with Crippen LogP contribution in [0.4, 0.5) is 5.69 Å². The molecule has 8 nitrogen and oxygen atoms in total. The molecule has 0 bridgehead atoms. The molecule has 120 valence electrons. The molecular formula is C15H15N3O5. The Balaban J connectivity index is 2.64. The quantitative estimate of drug-likeness (QED) is 0.487. The van der Waals surface area contributed by atoms with Crippen LogP contribution in [0.25, 0.3) is 0 Å². The van der Waals surface area contributed by atoms with Gasteiger partial charge in [-0.2, -0.15) is 0 Å². The minimum Gasteiger partial charge on any atom is -0.481 e. The lowest BCUT2D eigenvalue weighted by Gasteiger charge is -2.30. The molecule has 23 heavy (non-hydrogen) atoms. The molecule has 1 aromatic carbocycles. The van der Waals surface area contributed by atoms with E-state index in [9.17, 15) is 24.8 Å². The molecule has 0 radical (unpaired) electrons. The molecule has 0 spiro atoms. The van der Waals surface area contributed by atoms with Crippen molar-refractivity contribution in [1.82, 2.24) is 5.32 Å². The lowest BCUT2D eigenvalue weighted by atomic mass is 9.78. The van der Waals surface area contributed by atoms with Gasteiger partial charge >= 0.3 is 5.97 Å².